The molecule has 0 saturated heterocycles. The maximum atomic E-state index is 3.92. The van der Waals surface area contributed by atoms with Crippen LogP contribution in [0.25, 0.3) is 23.3 Å². The molecule has 1 aliphatic heterocycles. The molecule has 4 aromatic carbocycles. The van der Waals surface area contributed by atoms with Gasteiger partial charge in [-0.05, 0) is 0 Å². The molecule has 0 radical (unpaired) electrons. The van der Waals surface area contributed by atoms with E-state index in [1.807, 2.05) is 11.8 Å². The number of hydrogen-bond donors (Lipinski definition) is 0. The van der Waals surface area contributed by atoms with E-state index in [4.69, 9.17) is 0 Å². The maximum absolute atomic E-state index is 3.92. The Kier molecular flexibility index (Phi) is 6.87. The molecule has 4 aromatic rings. The molecule has 1 heterocycles. The molecule has 7 rings (SSSR count). The van der Waals surface area contributed by atoms with Gasteiger partial charge in [-0.25, -0.2) is 0 Å². The molecule has 35 heavy (non-hydrogen) atoms. The summed E-state index contributed by atoms with van der Waals surface area (Å²) >= 11 is 4.83. The molecule has 0 aromatic heterocycles. The van der Waals surface area contributed by atoms with E-state index in [1.165, 1.54) is 47.7 Å². The first kappa shape index (κ1) is 24.6. The second kappa shape index (κ2) is 9.77. The van der Waals surface area contributed by atoms with Crippen LogP contribution in [0.2, 0.25) is 0 Å². The van der Waals surface area contributed by atoms with Gasteiger partial charge in [-0.2, -0.15) is 0 Å². The van der Waals surface area contributed by atoms with Crippen LogP contribution in [0.15, 0.2) is 105 Å². The monoisotopic (exact) mass is 618 g/mol. The fraction of sp³-hybridized carbons (Fsp3) is 0.0667. The third-order valence-electron chi connectivity index (χ3n) is 6.85. The molecule has 0 fully saturated rings. The van der Waals surface area contributed by atoms with E-state index >= 15 is 0 Å². The van der Waals surface area contributed by atoms with Gasteiger partial charge in [0.25, 0.3) is 0 Å². The topological polar surface area (TPSA) is 0 Å². The number of benzene rings is 4. The number of rotatable bonds is 3. The molecule has 0 spiro atoms. The van der Waals surface area contributed by atoms with Gasteiger partial charge in [0.15, 0.2) is 0 Å². The van der Waals surface area contributed by atoms with Crippen molar-refractivity contribution in [1.82, 2.24) is 0 Å². The van der Waals surface area contributed by atoms with Crippen molar-refractivity contribution in [2.24, 2.45) is 0 Å². The van der Waals surface area contributed by atoms with Gasteiger partial charge in [0.05, 0.1) is 0 Å². The van der Waals surface area contributed by atoms with Crippen molar-refractivity contribution >= 4 is 51.0 Å². The Bertz CT molecular complexity index is 1500. The summed E-state index contributed by atoms with van der Waals surface area (Å²) in [7, 11) is 0. The van der Waals surface area contributed by atoms with Crippen molar-refractivity contribution in [1.29, 1.82) is 0 Å². The zero-order valence-corrected chi connectivity index (χ0v) is 23.4. The predicted octanol–water partition coefficient (Wildman–Crippen LogP) is 2.90. The Morgan fingerprint density at radius 2 is 1.43 bits per heavy atom. The molecule has 0 nitrogen and oxygen atoms in total. The average molecular weight is 621 g/mol. The van der Waals surface area contributed by atoms with E-state index < -0.39 is 23.2 Å². The van der Waals surface area contributed by atoms with E-state index in [1.54, 1.807) is 11.1 Å². The Balaban J connectivity index is 0.00000127. The Labute approximate surface area is 228 Å². The minimum absolute atomic E-state index is 0. The maximum Gasteiger partial charge on any atom is -1.00 e. The number of allylic oxidation sites excluding steroid dienone is 2. The second-order valence-corrected chi connectivity index (χ2v) is 14.4. The van der Waals surface area contributed by atoms with Crippen molar-refractivity contribution in [3.05, 3.63) is 129 Å². The smallest absolute Gasteiger partial charge is 1.00 e. The normalized spacial score (nSPS) is 18.1. The SMILES string of the molecule is Brc1cccc2c1[CH]([Zr+2][CH]1C3=Cc4c(cccc41)Sc1cccc3c1)C(c1ccccc1)=C2.[F-].[F-]. The molecular weight excluding hydrogens is 602 g/mol. The first-order valence-electron chi connectivity index (χ1n) is 11.2. The van der Waals surface area contributed by atoms with Gasteiger partial charge in [-0.1, -0.05) is 0 Å². The van der Waals surface area contributed by atoms with Crippen LogP contribution in [0.3, 0.4) is 0 Å². The van der Waals surface area contributed by atoms with Gasteiger partial charge >= 0.3 is 220 Å². The molecule has 5 heteroatoms. The molecule has 0 saturated carbocycles. The molecule has 3 aliphatic rings. The number of halogens is 3. The molecule has 2 unspecified atom stereocenters. The van der Waals surface area contributed by atoms with Gasteiger partial charge in [-0.3, -0.25) is 0 Å². The van der Waals surface area contributed by atoms with E-state index in [0.29, 0.717) is 7.25 Å². The van der Waals surface area contributed by atoms with E-state index in [0.717, 1.165) is 0 Å². The van der Waals surface area contributed by atoms with Crippen molar-refractivity contribution in [3.63, 3.8) is 0 Å². The van der Waals surface area contributed by atoms with Crippen molar-refractivity contribution in [2.45, 2.75) is 17.0 Å². The van der Waals surface area contributed by atoms with Crippen LogP contribution in [0.1, 0.15) is 40.6 Å². The second-order valence-electron chi connectivity index (χ2n) is 8.73. The summed E-state index contributed by atoms with van der Waals surface area (Å²) in [5.41, 5.74) is 11.7. The number of hydrogen-bond acceptors (Lipinski definition) is 1. The third kappa shape index (κ3) is 4.06. The van der Waals surface area contributed by atoms with Crippen LogP contribution in [0, 0.1) is 0 Å². The standard InChI is InChI=1S/C15H10Br.C15H9S.2FH.Zr/c16-15-8-4-7-12-9-13(10-14(12)15)11-5-2-1-3-6-11;1-3-10-8-13(5-1)16-15-6-2-4-11-7-12(10)9-14(11)15;;;/h1-10H;1-9H;2*1H;/q;;;;+2/p-2. The summed E-state index contributed by atoms with van der Waals surface area (Å²) < 4.78 is 2.32. The van der Waals surface area contributed by atoms with Crippen LogP contribution in [0.4, 0.5) is 0 Å². The Morgan fingerprint density at radius 3 is 2.29 bits per heavy atom. The van der Waals surface area contributed by atoms with Gasteiger partial charge in [0.1, 0.15) is 0 Å². The van der Waals surface area contributed by atoms with Gasteiger partial charge in [0.2, 0.25) is 0 Å². The first-order chi connectivity index (χ1) is 16.3. The zero-order chi connectivity index (χ0) is 21.9. The summed E-state index contributed by atoms with van der Waals surface area (Å²) in [4.78, 5) is 2.75. The number of fused-ring (bicyclic) bond motifs is 4. The molecular formula is C30H19BrF2SZr. The summed E-state index contributed by atoms with van der Waals surface area (Å²) in [6.07, 6.45) is 4.95. The van der Waals surface area contributed by atoms with Gasteiger partial charge < -0.3 is 9.41 Å². The molecule has 4 bridgehead atoms. The third-order valence-corrected chi connectivity index (χ3v) is 13.3. The predicted molar refractivity (Wildman–Crippen MR) is 139 cm³/mol. The molecule has 0 N–H and O–H groups in total. The van der Waals surface area contributed by atoms with Crippen LogP contribution < -0.4 is 9.41 Å². The zero-order valence-electron chi connectivity index (χ0n) is 18.5. The van der Waals surface area contributed by atoms with E-state index in [9.17, 15) is 0 Å². The quantitative estimate of drug-likeness (QED) is 0.340. The molecule has 0 amide bonds. The summed E-state index contributed by atoms with van der Waals surface area (Å²) in [5, 5.41) is 0. The largest absolute Gasteiger partial charge is 1.00 e. The molecule has 2 aliphatic carbocycles. The fourth-order valence-electron chi connectivity index (χ4n) is 5.37. The summed E-state index contributed by atoms with van der Waals surface area (Å²) in [5.74, 6) is 0. The van der Waals surface area contributed by atoms with Crippen LogP contribution in [-0.4, -0.2) is 0 Å². The molecule has 170 valence electrons. The minimum atomic E-state index is -1.00. The van der Waals surface area contributed by atoms with Gasteiger partial charge in [0, 0.05) is 0 Å². The Hall–Kier alpha value is -2.07. The fourth-order valence-corrected chi connectivity index (χ4v) is 12.7. The summed E-state index contributed by atoms with van der Waals surface area (Å²) in [6, 6.07) is 33.8. The van der Waals surface area contributed by atoms with Crippen LogP contribution >= 0.6 is 27.7 Å². The Morgan fingerprint density at radius 1 is 0.686 bits per heavy atom. The van der Waals surface area contributed by atoms with Crippen molar-refractivity contribution < 1.29 is 32.6 Å². The van der Waals surface area contributed by atoms with Gasteiger partial charge in [-0.15, -0.1) is 0 Å². The van der Waals surface area contributed by atoms with E-state index in [2.05, 4.69) is 119 Å². The first-order valence-corrected chi connectivity index (χ1v) is 15.7. The van der Waals surface area contributed by atoms with Crippen LogP contribution in [-0.2, 0) is 23.2 Å². The van der Waals surface area contributed by atoms with E-state index in [-0.39, 0.29) is 9.41 Å². The van der Waals surface area contributed by atoms with Crippen molar-refractivity contribution in [2.75, 3.05) is 0 Å². The minimum Gasteiger partial charge on any atom is -1.00 e. The average Bonchev–Trinajstić information content (AvgIpc) is 3.40. The van der Waals surface area contributed by atoms with Crippen LogP contribution in [0.5, 0.6) is 0 Å². The summed E-state index contributed by atoms with van der Waals surface area (Å²) in [6.45, 7) is 0. The molecule has 2 atom stereocenters. The van der Waals surface area contributed by atoms with Crippen molar-refractivity contribution in [3.8, 4) is 0 Å².